The van der Waals surface area contributed by atoms with Crippen LogP contribution in [-0.2, 0) is 9.59 Å². The van der Waals surface area contributed by atoms with Crippen molar-refractivity contribution in [3.05, 3.63) is 82.9 Å². The summed E-state index contributed by atoms with van der Waals surface area (Å²) in [5, 5.41) is 1.68. The highest BCUT2D eigenvalue weighted by Crippen LogP contribution is 2.23. The van der Waals surface area contributed by atoms with Crippen LogP contribution >= 0.6 is 11.6 Å². The molecule has 0 unspecified atom stereocenters. The summed E-state index contributed by atoms with van der Waals surface area (Å²) in [4.78, 5) is 24.4. The minimum Gasteiger partial charge on any atom is -0.267 e. The second-order valence-corrected chi connectivity index (χ2v) is 5.35. The van der Waals surface area contributed by atoms with Crippen molar-refractivity contribution in [3.8, 4) is 0 Å². The summed E-state index contributed by atoms with van der Waals surface area (Å²) in [5.41, 5.74) is 4.12. The monoisotopic (exact) mass is 324 g/mol. The normalized spacial score (nSPS) is 16.4. The van der Waals surface area contributed by atoms with E-state index < -0.39 is 11.8 Å². The van der Waals surface area contributed by atoms with Crippen molar-refractivity contribution >= 4 is 35.2 Å². The van der Waals surface area contributed by atoms with Gasteiger partial charge in [-0.1, -0.05) is 60.2 Å². The molecule has 2 aromatic carbocycles. The third-order valence-corrected chi connectivity index (χ3v) is 3.54. The van der Waals surface area contributed by atoms with Crippen molar-refractivity contribution in [1.29, 1.82) is 0 Å². The van der Waals surface area contributed by atoms with Gasteiger partial charge >= 0.3 is 0 Å². The van der Waals surface area contributed by atoms with E-state index in [1.54, 1.807) is 30.3 Å². The van der Waals surface area contributed by atoms with Crippen molar-refractivity contribution in [2.45, 2.75) is 0 Å². The van der Waals surface area contributed by atoms with Gasteiger partial charge in [-0.15, -0.1) is 0 Å². The third kappa shape index (κ3) is 3.33. The molecule has 0 spiro atoms. The fourth-order valence-electron chi connectivity index (χ4n) is 2.19. The van der Waals surface area contributed by atoms with Crippen molar-refractivity contribution < 1.29 is 9.59 Å². The molecule has 2 amide bonds. The van der Waals surface area contributed by atoms with Crippen LogP contribution in [0.15, 0.2) is 72.3 Å². The first-order valence-corrected chi connectivity index (χ1v) is 7.37. The molecule has 1 N–H and O–H groups in total. The molecule has 1 aliphatic heterocycles. The smallest absolute Gasteiger partial charge is 0.267 e. The Kier molecular flexibility index (Phi) is 4.26. The molecule has 0 aliphatic carbocycles. The molecule has 0 radical (unpaired) electrons. The van der Waals surface area contributed by atoms with E-state index in [9.17, 15) is 9.59 Å². The zero-order chi connectivity index (χ0) is 16.2. The summed E-state index contributed by atoms with van der Waals surface area (Å²) >= 11 is 5.92. The number of hydrogen-bond acceptors (Lipinski definition) is 2. The maximum Gasteiger partial charge on any atom is 0.282 e. The highest BCUT2D eigenvalue weighted by Gasteiger charge is 2.33. The van der Waals surface area contributed by atoms with E-state index in [0.717, 1.165) is 5.56 Å². The molecule has 0 bridgehead atoms. The molecule has 114 valence electrons. The number of allylic oxidation sites excluding steroid dienone is 2. The van der Waals surface area contributed by atoms with E-state index in [2.05, 4.69) is 5.43 Å². The Hall–Kier alpha value is -2.85. The lowest BCUT2D eigenvalue weighted by Gasteiger charge is -2.14. The minimum atomic E-state index is -0.437. The topological polar surface area (TPSA) is 49.4 Å². The van der Waals surface area contributed by atoms with Gasteiger partial charge in [0.1, 0.15) is 5.57 Å². The fourth-order valence-corrected chi connectivity index (χ4v) is 2.38. The first kappa shape index (κ1) is 15.1. The maximum absolute atomic E-state index is 12.4. The van der Waals surface area contributed by atoms with Crippen LogP contribution < -0.4 is 10.4 Å². The number of carbonyl (C=O) groups is 2. The first-order valence-electron chi connectivity index (χ1n) is 6.99. The number of rotatable bonds is 3. The van der Waals surface area contributed by atoms with Gasteiger partial charge in [-0.2, -0.15) is 0 Å². The maximum atomic E-state index is 12.4. The summed E-state index contributed by atoms with van der Waals surface area (Å²) in [5.74, 6) is -0.845. The van der Waals surface area contributed by atoms with Crippen molar-refractivity contribution in [3.63, 3.8) is 0 Å². The van der Waals surface area contributed by atoms with Gasteiger partial charge in [-0.3, -0.25) is 15.0 Å². The molecule has 3 rings (SSSR count). The number of amides is 2. The van der Waals surface area contributed by atoms with Crippen molar-refractivity contribution in [1.82, 2.24) is 5.43 Å². The summed E-state index contributed by atoms with van der Waals surface area (Å²) < 4.78 is 0. The Bertz CT molecular complexity index is 813. The van der Waals surface area contributed by atoms with Gasteiger partial charge in [0.2, 0.25) is 0 Å². The number of hydrazine groups is 1. The largest absolute Gasteiger partial charge is 0.282 e. The molecule has 5 heteroatoms. The van der Waals surface area contributed by atoms with Crippen LogP contribution in [0.5, 0.6) is 0 Å². The van der Waals surface area contributed by atoms with Crippen LogP contribution in [0.4, 0.5) is 5.69 Å². The van der Waals surface area contributed by atoms with Crippen LogP contribution in [-0.4, -0.2) is 11.8 Å². The number of nitrogens with zero attached hydrogens (tertiary/aromatic N) is 1. The van der Waals surface area contributed by atoms with Crippen LogP contribution in [0.25, 0.3) is 6.08 Å². The summed E-state index contributed by atoms with van der Waals surface area (Å²) in [6, 6.07) is 16.4. The predicted octanol–water partition coefficient (Wildman–Crippen LogP) is 3.36. The summed E-state index contributed by atoms with van der Waals surface area (Å²) in [6.07, 6.45) is 5.02. The quantitative estimate of drug-likeness (QED) is 0.695. The number of carbonyl (C=O) groups excluding carboxylic acids is 2. The number of nitrogens with one attached hydrogen (secondary N) is 1. The Morgan fingerprint density at radius 2 is 1.78 bits per heavy atom. The molecule has 0 aromatic heterocycles. The van der Waals surface area contributed by atoms with Gasteiger partial charge in [0.15, 0.2) is 0 Å². The van der Waals surface area contributed by atoms with Gasteiger partial charge in [0, 0.05) is 5.02 Å². The van der Waals surface area contributed by atoms with Crippen LogP contribution in [0, 0.1) is 0 Å². The molecule has 2 aromatic rings. The zero-order valence-corrected chi connectivity index (χ0v) is 12.8. The molecule has 23 heavy (non-hydrogen) atoms. The Labute approximate surface area is 138 Å². The van der Waals surface area contributed by atoms with E-state index in [1.165, 1.54) is 11.1 Å². The Balaban J connectivity index is 1.81. The number of anilines is 1. The van der Waals surface area contributed by atoms with E-state index >= 15 is 0 Å². The van der Waals surface area contributed by atoms with E-state index in [4.69, 9.17) is 11.6 Å². The molecular weight excluding hydrogens is 312 g/mol. The van der Waals surface area contributed by atoms with Crippen molar-refractivity contribution in [2.75, 3.05) is 5.01 Å². The van der Waals surface area contributed by atoms with Crippen LogP contribution in [0.3, 0.4) is 0 Å². The lowest BCUT2D eigenvalue weighted by atomic mass is 10.2. The predicted molar refractivity (Wildman–Crippen MR) is 90.6 cm³/mol. The number of benzene rings is 2. The van der Waals surface area contributed by atoms with Gasteiger partial charge in [-0.05, 0) is 29.8 Å². The highest BCUT2D eigenvalue weighted by atomic mass is 35.5. The minimum absolute atomic E-state index is 0.0807. The lowest BCUT2D eigenvalue weighted by molar-refractivity contribution is -0.117. The second-order valence-electron chi connectivity index (χ2n) is 4.91. The van der Waals surface area contributed by atoms with Gasteiger partial charge < -0.3 is 0 Å². The van der Waals surface area contributed by atoms with E-state index in [0.29, 0.717) is 10.7 Å². The van der Waals surface area contributed by atoms with Gasteiger partial charge in [0.25, 0.3) is 11.8 Å². The zero-order valence-electron chi connectivity index (χ0n) is 12.1. The van der Waals surface area contributed by atoms with Gasteiger partial charge in [0.05, 0.1) is 5.69 Å². The molecule has 1 heterocycles. The van der Waals surface area contributed by atoms with Crippen molar-refractivity contribution in [2.24, 2.45) is 0 Å². The third-order valence-electron chi connectivity index (χ3n) is 3.31. The molecule has 1 fully saturated rings. The SMILES string of the molecule is O=C1NN(c2cccc(Cl)c2)C(=O)C1=CC=Cc1ccccc1. The fraction of sp³-hybridized carbons (Fsp3) is 0. The average molecular weight is 325 g/mol. The van der Waals surface area contributed by atoms with Crippen LogP contribution in [0.1, 0.15) is 5.56 Å². The van der Waals surface area contributed by atoms with Crippen LogP contribution in [0.2, 0.25) is 5.02 Å². The Morgan fingerprint density at radius 3 is 2.52 bits per heavy atom. The van der Waals surface area contributed by atoms with E-state index in [-0.39, 0.29) is 5.57 Å². The molecular formula is C18H13ClN2O2. The highest BCUT2D eigenvalue weighted by molar-refractivity contribution is 6.32. The number of halogens is 1. The molecule has 0 saturated carbocycles. The second kappa shape index (κ2) is 6.50. The first-order chi connectivity index (χ1) is 11.1. The summed E-state index contributed by atoms with van der Waals surface area (Å²) in [7, 11) is 0. The number of hydrogen-bond donors (Lipinski definition) is 1. The lowest BCUT2D eigenvalue weighted by Crippen LogP contribution is -2.35. The molecule has 0 atom stereocenters. The molecule has 1 saturated heterocycles. The molecule has 1 aliphatic rings. The summed E-state index contributed by atoms with van der Waals surface area (Å²) in [6.45, 7) is 0. The van der Waals surface area contributed by atoms with E-state index in [1.807, 2.05) is 36.4 Å². The van der Waals surface area contributed by atoms with Gasteiger partial charge in [-0.25, -0.2) is 5.01 Å². The standard InChI is InChI=1S/C18H13ClN2O2/c19-14-9-5-10-15(12-14)21-18(23)16(17(22)20-21)11-4-8-13-6-2-1-3-7-13/h1-12H,(H,20,22). The average Bonchev–Trinajstić information content (AvgIpc) is 2.84. The molecule has 4 nitrogen and oxygen atoms in total. The Morgan fingerprint density at radius 1 is 1.00 bits per heavy atom.